The van der Waals surface area contributed by atoms with Gasteiger partial charge in [-0.25, -0.2) is 9.66 Å². The number of nitrogens with one attached hydrogen (secondary N) is 1. The van der Waals surface area contributed by atoms with E-state index in [0.29, 0.717) is 24.1 Å². The molecule has 5 nitrogen and oxygen atoms in total. The van der Waals surface area contributed by atoms with Crippen LogP contribution in [0.2, 0.25) is 0 Å². The van der Waals surface area contributed by atoms with E-state index in [9.17, 15) is 9.90 Å². The molecule has 0 amide bonds. The first-order valence-electron chi connectivity index (χ1n) is 6.61. The first kappa shape index (κ1) is 13.5. The standard InChI is InChI=1S/C14H19N3O2/c1-3-6-12(18)16-17-13-11(7-5-8-15-13)9-10(4-2)14(17)19/h5,7-9,12,16,18H,3-4,6H2,1-2H3. The molecular weight excluding hydrogens is 242 g/mol. The topological polar surface area (TPSA) is 67.2 Å². The lowest BCUT2D eigenvalue weighted by atomic mass is 10.2. The van der Waals surface area contributed by atoms with Gasteiger partial charge >= 0.3 is 0 Å². The first-order chi connectivity index (χ1) is 9.17. The molecule has 2 aromatic rings. The predicted octanol–water partition coefficient (Wildman–Crippen LogP) is 1.62. The lowest BCUT2D eigenvalue weighted by Gasteiger charge is -2.17. The number of fused-ring (bicyclic) bond motifs is 1. The first-order valence-corrected chi connectivity index (χ1v) is 6.61. The van der Waals surface area contributed by atoms with E-state index in [4.69, 9.17) is 0 Å². The van der Waals surface area contributed by atoms with Crippen molar-refractivity contribution in [2.24, 2.45) is 0 Å². The van der Waals surface area contributed by atoms with Gasteiger partial charge in [-0.15, -0.1) is 0 Å². The van der Waals surface area contributed by atoms with Gasteiger partial charge in [-0.2, -0.15) is 0 Å². The van der Waals surface area contributed by atoms with E-state index in [1.54, 1.807) is 6.20 Å². The molecule has 2 N–H and O–H groups in total. The van der Waals surface area contributed by atoms with E-state index in [0.717, 1.165) is 11.8 Å². The summed E-state index contributed by atoms with van der Waals surface area (Å²) in [6.45, 7) is 3.91. The summed E-state index contributed by atoms with van der Waals surface area (Å²) in [7, 11) is 0. The fraction of sp³-hybridized carbons (Fsp3) is 0.429. The Morgan fingerprint density at radius 3 is 2.95 bits per heavy atom. The van der Waals surface area contributed by atoms with Crippen LogP contribution in [0, 0.1) is 0 Å². The summed E-state index contributed by atoms with van der Waals surface area (Å²) in [4.78, 5) is 16.5. The van der Waals surface area contributed by atoms with Crippen LogP contribution in [0.15, 0.2) is 29.2 Å². The molecule has 1 unspecified atom stereocenters. The highest BCUT2D eigenvalue weighted by atomic mass is 16.3. The van der Waals surface area contributed by atoms with Gasteiger partial charge in [0.25, 0.3) is 5.56 Å². The maximum atomic E-state index is 12.3. The minimum Gasteiger partial charge on any atom is -0.372 e. The van der Waals surface area contributed by atoms with Crippen LogP contribution in [0.25, 0.3) is 11.0 Å². The van der Waals surface area contributed by atoms with Crippen LogP contribution in [0.4, 0.5) is 0 Å². The number of hydrogen-bond donors (Lipinski definition) is 2. The van der Waals surface area contributed by atoms with Crippen molar-refractivity contribution < 1.29 is 5.11 Å². The maximum Gasteiger partial charge on any atom is 0.274 e. The van der Waals surface area contributed by atoms with E-state index >= 15 is 0 Å². The van der Waals surface area contributed by atoms with Crippen molar-refractivity contribution in [3.8, 4) is 0 Å². The second-order valence-corrected chi connectivity index (χ2v) is 4.51. The molecule has 0 radical (unpaired) electrons. The van der Waals surface area contributed by atoms with Gasteiger partial charge in [-0.1, -0.05) is 20.3 Å². The number of rotatable bonds is 5. The van der Waals surface area contributed by atoms with Crippen LogP contribution in [0.1, 0.15) is 32.3 Å². The quantitative estimate of drug-likeness (QED) is 0.803. The van der Waals surface area contributed by atoms with Crippen LogP contribution in [-0.4, -0.2) is 21.0 Å². The molecule has 0 fully saturated rings. The number of aryl methyl sites for hydroxylation is 1. The van der Waals surface area contributed by atoms with Crippen molar-refractivity contribution in [2.45, 2.75) is 39.3 Å². The molecule has 0 aliphatic carbocycles. The summed E-state index contributed by atoms with van der Waals surface area (Å²) in [5.74, 6) is 0. The third-order valence-electron chi connectivity index (χ3n) is 3.06. The van der Waals surface area contributed by atoms with E-state index in [-0.39, 0.29) is 5.56 Å². The van der Waals surface area contributed by atoms with Gasteiger partial charge in [0.05, 0.1) is 0 Å². The van der Waals surface area contributed by atoms with Gasteiger partial charge in [0.15, 0.2) is 5.65 Å². The Labute approximate surface area is 111 Å². The van der Waals surface area contributed by atoms with E-state index in [1.165, 1.54) is 4.68 Å². The average molecular weight is 261 g/mol. The van der Waals surface area contributed by atoms with Crippen LogP contribution in [0.3, 0.4) is 0 Å². The highest BCUT2D eigenvalue weighted by Crippen LogP contribution is 2.10. The molecule has 5 heteroatoms. The third-order valence-corrected chi connectivity index (χ3v) is 3.06. The molecular formula is C14H19N3O2. The van der Waals surface area contributed by atoms with Crippen LogP contribution in [0.5, 0.6) is 0 Å². The molecule has 1 atom stereocenters. The third kappa shape index (κ3) is 2.76. The maximum absolute atomic E-state index is 12.3. The Morgan fingerprint density at radius 2 is 2.26 bits per heavy atom. The molecule has 0 saturated heterocycles. The molecule has 2 aromatic heterocycles. The van der Waals surface area contributed by atoms with Gasteiger partial charge in [0.2, 0.25) is 0 Å². The van der Waals surface area contributed by atoms with Gasteiger partial charge < -0.3 is 5.11 Å². The van der Waals surface area contributed by atoms with Crippen molar-refractivity contribution in [1.29, 1.82) is 0 Å². The summed E-state index contributed by atoms with van der Waals surface area (Å²) < 4.78 is 1.36. The van der Waals surface area contributed by atoms with Crippen LogP contribution < -0.4 is 11.0 Å². The van der Waals surface area contributed by atoms with Gasteiger partial charge in [-0.3, -0.25) is 10.2 Å². The number of aliphatic hydroxyl groups excluding tert-OH is 1. The Bertz CT molecular complexity index is 622. The summed E-state index contributed by atoms with van der Waals surface area (Å²) in [5.41, 5.74) is 3.92. The zero-order valence-electron chi connectivity index (χ0n) is 11.3. The molecule has 0 aromatic carbocycles. The summed E-state index contributed by atoms with van der Waals surface area (Å²) in [6.07, 6.45) is 2.95. The van der Waals surface area contributed by atoms with Crippen molar-refractivity contribution in [2.75, 3.05) is 5.43 Å². The SMILES string of the molecule is CCCC(O)Nn1c(=O)c(CC)cc2cccnc21. The lowest BCUT2D eigenvalue weighted by Crippen LogP contribution is -2.37. The molecule has 0 spiro atoms. The van der Waals surface area contributed by atoms with Gasteiger partial charge in [0.1, 0.15) is 6.23 Å². The summed E-state index contributed by atoms with van der Waals surface area (Å²) in [6, 6.07) is 5.60. The fourth-order valence-corrected chi connectivity index (χ4v) is 2.06. The van der Waals surface area contributed by atoms with Gasteiger partial charge in [-0.05, 0) is 31.0 Å². The normalized spacial score (nSPS) is 12.6. The number of aliphatic hydroxyl groups is 1. The zero-order chi connectivity index (χ0) is 13.8. The second-order valence-electron chi connectivity index (χ2n) is 4.51. The lowest BCUT2D eigenvalue weighted by molar-refractivity contribution is 0.177. The van der Waals surface area contributed by atoms with Crippen molar-refractivity contribution in [3.63, 3.8) is 0 Å². The summed E-state index contributed by atoms with van der Waals surface area (Å²) >= 11 is 0. The number of aromatic nitrogens is 2. The molecule has 0 bridgehead atoms. The summed E-state index contributed by atoms with van der Waals surface area (Å²) in [5, 5.41) is 10.7. The largest absolute Gasteiger partial charge is 0.372 e. The average Bonchev–Trinajstić information content (AvgIpc) is 2.42. The molecule has 0 aliphatic rings. The van der Waals surface area contributed by atoms with E-state index in [1.807, 2.05) is 32.0 Å². The Hall–Kier alpha value is -1.88. The fourth-order valence-electron chi connectivity index (χ4n) is 2.06. The van der Waals surface area contributed by atoms with Gasteiger partial charge in [0, 0.05) is 17.1 Å². The van der Waals surface area contributed by atoms with E-state index < -0.39 is 6.23 Å². The molecule has 2 heterocycles. The van der Waals surface area contributed by atoms with Crippen molar-refractivity contribution in [1.82, 2.24) is 9.66 Å². The molecule has 102 valence electrons. The van der Waals surface area contributed by atoms with Crippen LogP contribution >= 0.6 is 0 Å². The number of hydrogen-bond acceptors (Lipinski definition) is 4. The molecule has 19 heavy (non-hydrogen) atoms. The van der Waals surface area contributed by atoms with E-state index in [2.05, 4.69) is 10.4 Å². The smallest absolute Gasteiger partial charge is 0.274 e. The zero-order valence-corrected chi connectivity index (χ0v) is 11.3. The monoisotopic (exact) mass is 261 g/mol. The predicted molar refractivity (Wildman–Crippen MR) is 75.7 cm³/mol. The second kappa shape index (κ2) is 5.84. The molecule has 0 aliphatic heterocycles. The number of pyridine rings is 2. The Balaban J connectivity index is 2.56. The Kier molecular flexibility index (Phi) is 4.16. The highest BCUT2D eigenvalue weighted by molar-refractivity contribution is 5.75. The Morgan fingerprint density at radius 1 is 1.47 bits per heavy atom. The minimum atomic E-state index is -0.750. The van der Waals surface area contributed by atoms with Crippen molar-refractivity contribution in [3.05, 3.63) is 40.3 Å². The number of nitrogens with zero attached hydrogens (tertiary/aromatic N) is 2. The molecule has 2 rings (SSSR count). The minimum absolute atomic E-state index is 0.149. The molecule has 0 saturated carbocycles. The van der Waals surface area contributed by atoms with Crippen molar-refractivity contribution >= 4 is 11.0 Å². The van der Waals surface area contributed by atoms with Crippen LogP contribution in [-0.2, 0) is 6.42 Å². The highest BCUT2D eigenvalue weighted by Gasteiger charge is 2.11.